The van der Waals surface area contributed by atoms with E-state index in [1.54, 1.807) is 24.3 Å². The second-order valence-corrected chi connectivity index (χ2v) is 5.42. The Labute approximate surface area is 142 Å². The highest BCUT2D eigenvalue weighted by Crippen LogP contribution is 2.20. The van der Waals surface area contributed by atoms with Crippen LogP contribution in [0.3, 0.4) is 0 Å². The van der Waals surface area contributed by atoms with E-state index in [1.165, 1.54) is 6.07 Å². The van der Waals surface area contributed by atoms with Crippen molar-refractivity contribution in [2.24, 2.45) is 0 Å². The lowest BCUT2D eigenvalue weighted by atomic mass is 10.1. The van der Waals surface area contributed by atoms with Gasteiger partial charge in [-0.2, -0.15) is 0 Å². The molecule has 126 valence electrons. The second kappa shape index (κ2) is 8.87. The van der Waals surface area contributed by atoms with Crippen molar-refractivity contribution in [1.29, 1.82) is 0 Å². The highest BCUT2D eigenvalue weighted by molar-refractivity contribution is 5.96. The third kappa shape index (κ3) is 4.69. The van der Waals surface area contributed by atoms with E-state index in [2.05, 4.69) is 0 Å². The molecule has 0 fully saturated rings. The molecule has 2 rings (SSSR count). The van der Waals surface area contributed by atoms with Crippen LogP contribution in [0, 0.1) is 0 Å². The average molecular weight is 326 g/mol. The quantitative estimate of drug-likeness (QED) is 0.429. The van der Waals surface area contributed by atoms with Crippen LogP contribution in [0.2, 0.25) is 0 Å². The van der Waals surface area contributed by atoms with Crippen LogP contribution in [0.25, 0.3) is 0 Å². The lowest BCUT2D eigenvalue weighted by Crippen LogP contribution is -2.12. The van der Waals surface area contributed by atoms with Gasteiger partial charge in [0.2, 0.25) is 0 Å². The summed E-state index contributed by atoms with van der Waals surface area (Å²) in [5.41, 5.74) is 1.64. The van der Waals surface area contributed by atoms with Crippen molar-refractivity contribution < 1.29 is 19.1 Å². The molecule has 4 nitrogen and oxygen atoms in total. The van der Waals surface area contributed by atoms with Crippen LogP contribution < -0.4 is 4.74 Å². The van der Waals surface area contributed by atoms with Crippen LogP contribution in [0.5, 0.6) is 5.75 Å². The summed E-state index contributed by atoms with van der Waals surface area (Å²) in [6.45, 7) is 4.41. The fraction of sp³-hybridized carbons (Fsp3) is 0.300. The predicted molar refractivity (Wildman–Crippen MR) is 92.4 cm³/mol. The van der Waals surface area contributed by atoms with Crippen molar-refractivity contribution >= 4 is 11.9 Å². The average Bonchev–Trinajstić information content (AvgIpc) is 2.62. The van der Waals surface area contributed by atoms with Gasteiger partial charge in [-0.15, -0.1) is 0 Å². The van der Waals surface area contributed by atoms with E-state index in [1.807, 2.05) is 32.0 Å². The van der Waals surface area contributed by atoms with E-state index in [9.17, 15) is 9.59 Å². The van der Waals surface area contributed by atoms with Crippen LogP contribution in [-0.4, -0.2) is 18.5 Å². The van der Waals surface area contributed by atoms with Gasteiger partial charge in [-0.05, 0) is 42.7 Å². The molecule has 0 unspecified atom stereocenters. The number of carbonyl (C=O) groups is 2. The smallest absolute Gasteiger partial charge is 0.343 e. The van der Waals surface area contributed by atoms with Gasteiger partial charge < -0.3 is 9.47 Å². The van der Waals surface area contributed by atoms with Crippen LogP contribution in [0.15, 0.2) is 48.5 Å². The highest BCUT2D eigenvalue weighted by Gasteiger charge is 2.14. The minimum atomic E-state index is -0.487. The summed E-state index contributed by atoms with van der Waals surface area (Å²) in [5, 5.41) is 0. The van der Waals surface area contributed by atoms with E-state index in [4.69, 9.17) is 9.47 Å². The minimum Gasteiger partial charge on any atom is -0.462 e. The van der Waals surface area contributed by atoms with Gasteiger partial charge in [-0.1, -0.05) is 44.5 Å². The summed E-state index contributed by atoms with van der Waals surface area (Å²) in [6, 6.07) is 13.8. The molecule has 4 heteroatoms. The van der Waals surface area contributed by atoms with Crippen molar-refractivity contribution in [3.63, 3.8) is 0 Å². The number of ether oxygens (including phenoxy) is 2. The van der Waals surface area contributed by atoms with Crippen molar-refractivity contribution in [3.8, 4) is 5.75 Å². The van der Waals surface area contributed by atoms with Gasteiger partial charge in [0.25, 0.3) is 0 Å². The summed E-state index contributed by atoms with van der Waals surface area (Å²) < 4.78 is 10.6. The zero-order valence-corrected chi connectivity index (χ0v) is 14.1. The first-order chi connectivity index (χ1) is 11.7. The standard InChI is InChI=1S/C20H22O4/c1-3-5-13-23-19(21)16-10-8-11-17(14-16)20(22)24-18-12-7-6-9-15(18)4-2/h6-12,14H,3-5,13H2,1-2H3. The van der Waals surface area contributed by atoms with Gasteiger partial charge in [0.1, 0.15) is 5.75 Å². The molecular weight excluding hydrogens is 304 g/mol. The first kappa shape index (κ1) is 17.7. The van der Waals surface area contributed by atoms with Gasteiger partial charge in [0.15, 0.2) is 0 Å². The predicted octanol–water partition coefficient (Wildman–Crippen LogP) is 4.43. The third-order valence-electron chi connectivity index (χ3n) is 3.62. The van der Waals surface area contributed by atoms with Crippen molar-refractivity contribution in [3.05, 3.63) is 65.2 Å². The molecule has 2 aromatic rings. The topological polar surface area (TPSA) is 52.6 Å². The Kier molecular flexibility index (Phi) is 6.55. The number of unbranched alkanes of at least 4 members (excludes halogenated alkanes) is 1. The number of carbonyl (C=O) groups excluding carboxylic acids is 2. The Balaban J connectivity index is 2.10. The molecule has 0 bridgehead atoms. The molecule has 24 heavy (non-hydrogen) atoms. The SMILES string of the molecule is CCCCOC(=O)c1cccc(C(=O)Oc2ccccc2CC)c1. The molecule has 0 radical (unpaired) electrons. The van der Waals surface area contributed by atoms with Crippen molar-refractivity contribution in [2.75, 3.05) is 6.61 Å². The summed E-state index contributed by atoms with van der Waals surface area (Å²) >= 11 is 0. The molecule has 0 aromatic heterocycles. The zero-order valence-electron chi connectivity index (χ0n) is 14.1. The molecule has 0 aliphatic heterocycles. The zero-order chi connectivity index (χ0) is 17.4. The van der Waals surface area contributed by atoms with E-state index in [0.717, 1.165) is 24.8 Å². The number of para-hydroxylation sites is 1. The number of rotatable bonds is 7. The molecular formula is C20H22O4. The Morgan fingerprint density at radius 2 is 1.62 bits per heavy atom. The van der Waals surface area contributed by atoms with E-state index in [-0.39, 0.29) is 0 Å². The van der Waals surface area contributed by atoms with Gasteiger partial charge in [-0.25, -0.2) is 9.59 Å². The minimum absolute atomic E-state index is 0.325. The van der Waals surface area contributed by atoms with Crippen LogP contribution in [0.4, 0.5) is 0 Å². The molecule has 0 aliphatic carbocycles. The fourth-order valence-corrected chi connectivity index (χ4v) is 2.22. The maximum absolute atomic E-state index is 12.3. The number of hydrogen-bond acceptors (Lipinski definition) is 4. The number of hydrogen-bond donors (Lipinski definition) is 0. The van der Waals surface area contributed by atoms with Crippen molar-refractivity contribution in [1.82, 2.24) is 0 Å². The Bertz CT molecular complexity index is 706. The Hall–Kier alpha value is -2.62. The first-order valence-corrected chi connectivity index (χ1v) is 8.23. The van der Waals surface area contributed by atoms with E-state index >= 15 is 0 Å². The van der Waals surface area contributed by atoms with Crippen molar-refractivity contribution in [2.45, 2.75) is 33.1 Å². The molecule has 0 saturated heterocycles. The first-order valence-electron chi connectivity index (χ1n) is 8.23. The molecule has 0 aliphatic rings. The van der Waals surface area contributed by atoms with Crippen LogP contribution >= 0.6 is 0 Å². The Morgan fingerprint density at radius 1 is 0.917 bits per heavy atom. The highest BCUT2D eigenvalue weighted by atomic mass is 16.5. The normalized spacial score (nSPS) is 10.2. The maximum atomic E-state index is 12.3. The largest absolute Gasteiger partial charge is 0.462 e. The lowest BCUT2D eigenvalue weighted by Gasteiger charge is -2.09. The summed E-state index contributed by atoms with van der Waals surface area (Å²) in [6.07, 6.45) is 2.55. The molecule has 0 heterocycles. The molecule has 2 aromatic carbocycles. The third-order valence-corrected chi connectivity index (χ3v) is 3.62. The van der Waals surface area contributed by atoms with Gasteiger partial charge in [0, 0.05) is 0 Å². The summed E-state index contributed by atoms with van der Waals surface area (Å²) in [5.74, 6) is -0.368. The van der Waals surface area contributed by atoms with Crippen LogP contribution in [-0.2, 0) is 11.2 Å². The molecule has 0 saturated carbocycles. The van der Waals surface area contributed by atoms with Gasteiger partial charge in [-0.3, -0.25) is 0 Å². The van der Waals surface area contributed by atoms with Crippen LogP contribution in [0.1, 0.15) is 53.0 Å². The number of aryl methyl sites for hydroxylation is 1. The Morgan fingerprint density at radius 3 is 2.33 bits per heavy atom. The van der Waals surface area contributed by atoms with E-state index in [0.29, 0.717) is 23.5 Å². The summed E-state index contributed by atoms with van der Waals surface area (Å²) in [4.78, 5) is 24.3. The molecule has 0 N–H and O–H groups in total. The molecule has 0 spiro atoms. The second-order valence-electron chi connectivity index (χ2n) is 5.42. The number of esters is 2. The monoisotopic (exact) mass is 326 g/mol. The molecule has 0 amide bonds. The maximum Gasteiger partial charge on any atom is 0.343 e. The van der Waals surface area contributed by atoms with Gasteiger partial charge >= 0.3 is 11.9 Å². The fourth-order valence-electron chi connectivity index (χ4n) is 2.22. The summed E-state index contributed by atoms with van der Waals surface area (Å²) in [7, 11) is 0. The molecule has 0 atom stereocenters. The lowest BCUT2D eigenvalue weighted by molar-refractivity contribution is 0.0499. The number of benzene rings is 2. The van der Waals surface area contributed by atoms with Gasteiger partial charge in [0.05, 0.1) is 17.7 Å². The van der Waals surface area contributed by atoms with E-state index < -0.39 is 11.9 Å².